The van der Waals surface area contributed by atoms with E-state index >= 15 is 0 Å². The molecule has 2 N–H and O–H groups in total. The molecule has 0 bridgehead atoms. The molecule has 0 aliphatic rings. The zero-order valence-electron chi connectivity index (χ0n) is 12.2. The molecule has 3 heteroatoms. The SMILES string of the molecule is CCC(O)(CC)CNC(=O)CCc1ccccc1C. The van der Waals surface area contributed by atoms with Gasteiger partial charge in [-0.2, -0.15) is 0 Å². The lowest BCUT2D eigenvalue weighted by atomic mass is 9.97. The molecule has 1 amide bonds. The lowest BCUT2D eigenvalue weighted by Crippen LogP contribution is -2.42. The molecule has 0 spiro atoms. The van der Waals surface area contributed by atoms with Crippen LogP contribution in [0.25, 0.3) is 0 Å². The second-order valence-electron chi connectivity index (χ2n) is 5.13. The van der Waals surface area contributed by atoms with Crippen molar-refractivity contribution in [3.63, 3.8) is 0 Å². The summed E-state index contributed by atoms with van der Waals surface area (Å²) in [6.45, 7) is 6.26. The van der Waals surface area contributed by atoms with Crippen molar-refractivity contribution in [2.75, 3.05) is 6.54 Å². The van der Waals surface area contributed by atoms with E-state index in [0.717, 1.165) is 6.42 Å². The summed E-state index contributed by atoms with van der Waals surface area (Å²) in [5, 5.41) is 12.9. The first-order valence-corrected chi connectivity index (χ1v) is 7.04. The minimum Gasteiger partial charge on any atom is -0.388 e. The van der Waals surface area contributed by atoms with E-state index in [1.165, 1.54) is 11.1 Å². The number of carbonyl (C=O) groups is 1. The van der Waals surface area contributed by atoms with Crippen LogP contribution < -0.4 is 5.32 Å². The van der Waals surface area contributed by atoms with Crippen LogP contribution in [0.2, 0.25) is 0 Å². The molecule has 0 saturated heterocycles. The van der Waals surface area contributed by atoms with E-state index in [9.17, 15) is 9.90 Å². The van der Waals surface area contributed by atoms with Gasteiger partial charge in [0.2, 0.25) is 5.91 Å². The van der Waals surface area contributed by atoms with E-state index in [4.69, 9.17) is 0 Å². The Morgan fingerprint density at radius 1 is 1.26 bits per heavy atom. The number of nitrogens with one attached hydrogen (secondary N) is 1. The Morgan fingerprint density at radius 2 is 1.89 bits per heavy atom. The highest BCUT2D eigenvalue weighted by Crippen LogP contribution is 2.13. The number of rotatable bonds is 7. The van der Waals surface area contributed by atoms with E-state index in [-0.39, 0.29) is 5.91 Å². The fourth-order valence-corrected chi connectivity index (χ4v) is 1.99. The fraction of sp³-hybridized carbons (Fsp3) is 0.562. The summed E-state index contributed by atoms with van der Waals surface area (Å²) in [7, 11) is 0. The van der Waals surface area contributed by atoms with Crippen LogP contribution in [0.15, 0.2) is 24.3 Å². The van der Waals surface area contributed by atoms with Crippen LogP contribution in [0.3, 0.4) is 0 Å². The maximum absolute atomic E-state index is 11.8. The molecule has 0 unspecified atom stereocenters. The summed E-state index contributed by atoms with van der Waals surface area (Å²) in [5.74, 6) is 0.00331. The topological polar surface area (TPSA) is 49.3 Å². The molecule has 0 aliphatic heterocycles. The minimum absolute atomic E-state index is 0.00331. The van der Waals surface area contributed by atoms with Gasteiger partial charge in [0.05, 0.1) is 5.60 Å². The summed E-state index contributed by atoms with van der Waals surface area (Å²) in [4.78, 5) is 11.8. The third-order valence-electron chi connectivity index (χ3n) is 3.81. The van der Waals surface area contributed by atoms with Gasteiger partial charge in [0, 0.05) is 13.0 Å². The molecule has 0 saturated carbocycles. The predicted molar refractivity (Wildman–Crippen MR) is 78.0 cm³/mol. The van der Waals surface area contributed by atoms with Gasteiger partial charge in [0.15, 0.2) is 0 Å². The molecular formula is C16H25NO2. The molecule has 0 atom stereocenters. The van der Waals surface area contributed by atoms with Crippen molar-refractivity contribution in [3.8, 4) is 0 Å². The summed E-state index contributed by atoms with van der Waals surface area (Å²) in [5.41, 5.74) is 1.66. The quantitative estimate of drug-likeness (QED) is 0.794. The molecule has 106 valence electrons. The normalized spacial score (nSPS) is 11.4. The van der Waals surface area contributed by atoms with E-state index in [2.05, 4.69) is 24.4 Å². The summed E-state index contributed by atoms with van der Waals surface area (Å²) in [6, 6.07) is 8.10. The van der Waals surface area contributed by atoms with Crippen molar-refractivity contribution in [2.24, 2.45) is 0 Å². The van der Waals surface area contributed by atoms with Crippen LogP contribution in [0, 0.1) is 6.92 Å². The highest BCUT2D eigenvalue weighted by atomic mass is 16.3. The predicted octanol–water partition coefficient (Wildman–Crippen LogP) is 2.59. The number of amides is 1. The highest BCUT2D eigenvalue weighted by molar-refractivity contribution is 5.76. The van der Waals surface area contributed by atoms with Crippen LogP contribution >= 0.6 is 0 Å². The minimum atomic E-state index is -0.766. The first-order chi connectivity index (χ1) is 9.00. The van der Waals surface area contributed by atoms with Gasteiger partial charge in [-0.3, -0.25) is 4.79 Å². The van der Waals surface area contributed by atoms with Gasteiger partial charge >= 0.3 is 0 Å². The maximum Gasteiger partial charge on any atom is 0.220 e. The number of hydrogen-bond donors (Lipinski definition) is 2. The second kappa shape index (κ2) is 7.29. The summed E-state index contributed by atoms with van der Waals surface area (Å²) < 4.78 is 0. The third kappa shape index (κ3) is 5.03. The van der Waals surface area contributed by atoms with Gasteiger partial charge in [-0.05, 0) is 37.3 Å². The Labute approximate surface area is 116 Å². The molecule has 1 aromatic rings. The monoisotopic (exact) mass is 263 g/mol. The number of aliphatic hydroxyl groups is 1. The first kappa shape index (κ1) is 15.7. The van der Waals surface area contributed by atoms with E-state index < -0.39 is 5.60 Å². The van der Waals surface area contributed by atoms with E-state index in [1.807, 2.05) is 26.0 Å². The number of benzene rings is 1. The smallest absolute Gasteiger partial charge is 0.220 e. The van der Waals surface area contributed by atoms with Gasteiger partial charge in [-0.25, -0.2) is 0 Å². The molecule has 0 radical (unpaired) electrons. The van der Waals surface area contributed by atoms with Crippen molar-refractivity contribution in [1.29, 1.82) is 0 Å². The standard InChI is InChI=1S/C16H25NO2/c1-4-16(19,5-2)12-17-15(18)11-10-14-9-7-6-8-13(14)3/h6-9,19H,4-5,10-12H2,1-3H3,(H,17,18). The summed E-state index contributed by atoms with van der Waals surface area (Å²) >= 11 is 0. The molecule has 0 aliphatic carbocycles. The molecular weight excluding hydrogens is 238 g/mol. The van der Waals surface area contributed by atoms with Crippen molar-refractivity contribution < 1.29 is 9.90 Å². The average molecular weight is 263 g/mol. The Hall–Kier alpha value is -1.35. The van der Waals surface area contributed by atoms with Crippen LogP contribution in [-0.4, -0.2) is 23.2 Å². The van der Waals surface area contributed by atoms with Crippen molar-refractivity contribution in [1.82, 2.24) is 5.32 Å². The average Bonchev–Trinajstić information content (AvgIpc) is 2.44. The number of carbonyl (C=O) groups excluding carboxylic acids is 1. The van der Waals surface area contributed by atoms with Gasteiger partial charge in [0.25, 0.3) is 0 Å². The Morgan fingerprint density at radius 3 is 2.47 bits per heavy atom. The van der Waals surface area contributed by atoms with Crippen molar-refractivity contribution >= 4 is 5.91 Å². The van der Waals surface area contributed by atoms with E-state index in [0.29, 0.717) is 25.8 Å². The second-order valence-corrected chi connectivity index (χ2v) is 5.13. The highest BCUT2D eigenvalue weighted by Gasteiger charge is 2.22. The molecule has 0 fully saturated rings. The molecule has 1 aromatic carbocycles. The fourth-order valence-electron chi connectivity index (χ4n) is 1.99. The van der Waals surface area contributed by atoms with Crippen molar-refractivity contribution in [2.45, 2.75) is 52.1 Å². The molecule has 3 nitrogen and oxygen atoms in total. The van der Waals surface area contributed by atoms with Gasteiger partial charge < -0.3 is 10.4 Å². The molecule has 19 heavy (non-hydrogen) atoms. The van der Waals surface area contributed by atoms with Crippen LogP contribution in [0.5, 0.6) is 0 Å². The van der Waals surface area contributed by atoms with Crippen LogP contribution in [0.4, 0.5) is 0 Å². The maximum atomic E-state index is 11.8. The van der Waals surface area contributed by atoms with E-state index in [1.54, 1.807) is 0 Å². The Kier molecular flexibility index (Phi) is 6.03. The lowest BCUT2D eigenvalue weighted by molar-refractivity contribution is -0.122. The van der Waals surface area contributed by atoms with Crippen molar-refractivity contribution in [3.05, 3.63) is 35.4 Å². The third-order valence-corrected chi connectivity index (χ3v) is 3.81. The van der Waals surface area contributed by atoms with Crippen LogP contribution in [0.1, 0.15) is 44.2 Å². The number of aryl methyl sites for hydroxylation is 2. The van der Waals surface area contributed by atoms with Gasteiger partial charge in [-0.15, -0.1) is 0 Å². The van der Waals surface area contributed by atoms with Gasteiger partial charge in [0.1, 0.15) is 0 Å². The van der Waals surface area contributed by atoms with Gasteiger partial charge in [-0.1, -0.05) is 38.1 Å². The lowest BCUT2D eigenvalue weighted by Gasteiger charge is -2.25. The Balaban J connectivity index is 2.39. The molecule has 1 rings (SSSR count). The first-order valence-electron chi connectivity index (χ1n) is 7.04. The van der Waals surface area contributed by atoms with Crippen LogP contribution in [-0.2, 0) is 11.2 Å². The zero-order chi connectivity index (χ0) is 14.3. The zero-order valence-corrected chi connectivity index (χ0v) is 12.2. The molecule has 0 aromatic heterocycles. The summed E-state index contributed by atoms with van der Waals surface area (Å²) in [6.07, 6.45) is 2.52. The molecule has 0 heterocycles. The largest absolute Gasteiger partial charge is 0.388 e. The Bertz CT molecular complexity index is 411. The number of hydrogen-bond acceptors (Lipinski definition) is 2.